The normalized spacial score (nSPS) is 11.5. The van der Waals surface area contributed by atoms with Gasteiger partial charge in [-0.05, 0) is 30.3 Å². The number of fused-ring (bicyclic) bond motifs is 1. The Bertz CT molecular complexity index is 1470. The fourth-order valence-corrected chi connectivity index (χ4v) is 3.89. The van der Waals surface area contributed by atoms with E-state index in [4.69, 9.17) is 0 Å². The molecule has 0 aliphatic carbocycles. The molecular formula is C19H11F4N5O3S. The van der Waals surface area contributed by atoms with Crippen molar-refractivity contribution in [3.05, 3.63) is 77.8 Å². The lowest BCUT2D eigenvalue weighted by Crippen LogP contribution is -2.18. The van der Waals surface area contributed by atoms with E-state index in [9.17, 15) is 30.8 Å². The summed E-state index contributed by atoms with van der Waals surface area (Å²) in [5, 5.41) is 2.01. The number of halogens is 4. The summed E-state index contributed by atoms with van der Waals surface area (Å²) in [6, 6.07) is 4.46. The lowest BCUT2D eigenvalue weighted by molar-refractivity contribution is 0.102. The van der Waals surface area contributed by atoms with Gasteiger partial charge in [-0.15, -0.1) is 0 Å². The molecule has 0 aliphatic heterocycles. The Morgan fingerprint density at radius 3 is 2.50 bits per heavy atom. The second-order valence-electron chi connectivity index (χ2n) is 6.41. The van der Waals surface area contributed by atoms with Crippen molar-refractivity contribution in [3.63, 3.8) is 0 Å². The zero-order valence-electron chi connectivity index (χ0n) is 15.7. The van der Waals surface area contributed by atoms with Gasteiger partial charge in [0, 0.05) is 12.3 Å². The Morgan fingerprint density at radius 2 is 1.75 bits per heavy atom. The number of aromatic amines is 1. The van der Waals surface area contributed by atoms with Gasteiger partial charge in [0.2, 0.25) is 0 Å². The predicted molar refractivity (Wildman–Crippen MR) is 105 cm³/mol. The highest BCUT2D eigenvalue weighted by Gasteiger charge is 2.24. The fourth-order valence-electron chi connectivity index (χ4n) is 2.77. The van der Waals surface area contributed by atoms with Crippen molar-refractivity contribution >= 4 is 38.5 Å². The molecule has 0 saturated heterocycles. The van der Waals surface area contributed by atoms with Crippen LogP contribution >= 0.6 is 0 Å². The SMILES string of the molecule is O=C(Nc1c(F)ccc(NS(=O)(=O)c2ccc(F)cc2F)c1F)c1cnc2[nH]cnc2c1. The second kappa shape index (κ2) is 7.92. The summed E-state index contributed by atoms with van der Waals surface area (Å²) >= 11 is 0. The first-order valence-electron chi connectivity index (χ1n) is 8.72. The molecule has 0 atom stereocenters. The molecule has 2 aromatic carbocycles. The van der Waals surface area contributed by atoms with Crippen LogP contribution in [0.2, 0.25) is 0 Å². The third kappa shape index (κ3) is 3.97. The molecule has 0 unspecified atom stereocenters. The minimum atomic E-state index is -4.70. The monoisotopic (exact) mass is 465 g/mol. The van der Waals surface area contributed by atoms with Crippen molar-refractivity contribution in [1.29, 1.82) is 0 Å². The summed E-state index contributed by atoms with van der Waals surface area (Å²) in [5.41, 5.74) is -1.06. The van der Waals surface area contributed by atoms with Crippen LogP contribution in [0.4, 0.5) is 28.9 Å². The third-order valence-corrected chi connectivity index (χ3v) is 5.69. The van der Waals surface area contributed by atoms with Gasteiger partial charge in [-0.2, -0.15) is 0 Å². The Kier molecular flexibility index (Phi) is 5.26. The van der Waals surface area contributed by atoms with Crippen LogP contribution in [0.3, 0.4) is 0 Å². The van der Waals surface area contributed by atoms with E-state index in [2.05, 4.69) is 15.0 Å². The van der Waals surface area contributed by atoms with Crippen LogP contribution in [0.25, 0.3) is 11.2 Å². The molecule has 164 valence electrons. The second-order valence-corrected chi connectivity index (χ2v) is 8.06. The van der Waals surface area contributed by atoms with Crippen molar-refractivity contribution in [2.45, 2.75) is 4.90 Å². The quantitative estimate of drug-likeness (QED) is 0.390. The molecule has 13 heteroatoms. The van der Waals surface area contributed by atoms with Crippen molar-refractivity contribution < 1.29 is 30.8 Å². The van der Waals surface area contributed by atoms with Crippen LogP contribution in [0.5, 0.6) is 0 Å². The summed E-state index contributed by atoms with van der Waals surface area (Å²) in [4.78, 5) is 22.1. The molecule has 0 aliphatic rings. The van der Waals surface area contributed by atoms with E-state index in [1.807, 2.05) is 5.32 Å². The number of benzene rings is 2. The number of anilines is 2. The lowest BCUT2D eigenvalue weighted by Gasteiger charge is -2.13. The van der Waals surface area contributed by atoms with Gasteiger partial charge in [0.25, 0.3) is 15.9 Å². The molecule has 2 heterocycles. The van der Waals surface area contributed by atoms with Gasteiger partial charge in [0.1, 0.15) is 33.6 Å². The number of pyridine rings is 1. The zero-order valence-corrected chi connectivity index (χ0v) is 16.5. The van der Waals surface area contributed by atoms with E-state index < -0.39 is 55.5 Å². The molecule has 0 spiro atoms. The smallest absolute Gasteiger partial charge is 0.264 e. The Labute approximate surface area is 177 Å². The Hall–Kier alpha value is -4.00. The minimum Gasteiger partial charge on any atom is -0.329 e. The summed E-state index contributed by atoms with van der Waals surface area (Å²) < 4.78 is 82.5. The lowest BCUT2D eigenvalue weighted by atomic mass is 10.2. The van der Waals surface area contributed by atoms with Gasteiger partial charge in [-0.25, -0.2) is 35.9 Å². The highest BCUT2D eigenvalue weighted by molar-refractivity contribution is 7.92. The van der Waals surface area contributed by atoms with Gasteiger partial charge in [-0.3, -0.25) is 9.52 Å². The summed E-state index contributed by atoms with van der Waals surface area (Å²) in [5.74, 6) is -6.01. The number of carbonyl (C=O) groups excluding carboxylic acids is 1. The average molecular weight is 465 g/mol. The molecule has 32 heavy (non-hydrogen) atoms. The van der Waals surface area contributed by atoms with Crippen molar-refractivity contribution in [2.24, 2.45) is 0 Å². The van der Waals surface area contributed by atoms with Crippen LogP contribution in [-0.4, -0.2) is 29.3 Å². The number of carbonyl (C=O) groups is 1. The van der Waals surface area contributed by atoms with Crippen LogP contribution in [0.15, 0.2) is 53.8 Å². The first kappa shape index (κ1) is 21.2. The molecule has 0 fully saturated rings. The number of H-pyrrole nitrogens is 1. The molecule has 0 radical (unpaired) electrons. The highest BCUT2D eigenvalue weighted by atomic mass is 32.2. The van der Waals surface area contributed by atoms with Crippen molar-refractivity contribution in [1.82, 2.24) is 15.0 Å². The summed E-state index contributed by atoms with van der Waals surface area (Å²) in [6.07, 6.45) is 2.49. The van der Waals surface area contributed by atoms with Crippen LogP contribution in [0, 0.1) is 23.3 Å². The average Bonchev–Trinajstić information content (AvgIpc) is 3.20. The number of sulfonamides is 1. The molecule has 4 aromatic rings. The summed E-state index contributed by atoms with van der Waals surface area (Å²) in [7, 11) is -4.70. The number of nitrogens with zero attached hydrogens (tertiary/aromatic N) is 2. The van der Waals surface area contributed by atoms with Crippen molar-refractivity contribution in [3.8, 4) is 0 Å². The standard InChI is InChI=1S/C19H11F4N5O3S/c20-10-1-4-15(12(22)6-10)32(30,31)28-13-3-2-11(21)17(16(13)23)27-19(29)9-5-14-18(24-7-9)26-8-25-14/h1-8,28H,(H,27,29)(H,24,25,26). The number of hydrogen-bond donors (Lipinski definition) is 3. The molecule has 4 rings (SSSR count). The summed E-state index contributed by atoms with van der Waals surface area (Å²) in [6.45, 7) is 0. The predicted octanol–water partition coefficient (Wildman–Crippen LogP) is 3.57. The number of nitrogens with one attached hydrogen (secondary N) is 3. The highest BCUT2D eigenvalue weighted by Crippen LogP contribution is 2.29. The zero-order chi connectivity index (χ0) is 23.0. The third-order valence-electron chi connectivity index (χ3n) is 4.29. The maximum Gasteiger partial charge on any atom is 0.264 e. The molecule has 3 N–H and O–H groups in total. The molecule has 2 aromatic heterocycles. The maximum absolute atomic E-state index is 14.9. The van der Waals surface area contributed by atoms with Gasteiger partial charge < -0.3 is 10.3 Å². The van der Waals surface area contributed by atoms with Crippen molar-refractivity contribution in [2.75, 3.05) is 10.0 Å². The van der Waals surface area contributed by atoms with E-state index >= 15 is 0 Å². The van der Waals surface area contributed by atoms with Crippen LogP contribution < -0.4 is 10.0 Å². The van der Waals surface area contributed by atoms with Gasteiger partial charge in [0.15, 0.2) is 11.5 Å². The fraction of sp³-hybridized carbons (Fsp3) is 0. The van der Waals surface area contributed by atoms with Crippen LogP contribution in [-0.2, 0) is 10.0 Å². The number of amides is 1. The number of aromatic nitrogens is 3. The maximum atomic E-state index is 14.9. The molecular weight excluding hydrogens is 454 g/mol. The Morgan fingerprint density at radius 1 is 0.969 bits per heavy atom. The topological polar surface area (TPSA) is 117 Å². The van der Waals surface area contributed by atoms with Gasteiger partial charge in [0.05, 0.1) is 17.6 Å². The van der Waals surface area contributed by atoms with E-state index in [0.29, 0.717) is 35.4 Å². The minimum absolute atomic E-state index is 0.0669. The largest absolute Gasteiger partial charge is 0.329 e. The Balaban J connectivity index is 1.64. The first-order valence-corrected chi connectivity index (χ1v) is 10.2. The van der Waals surface area contributed by atoms with Gasteiger partial charge in [-0.1, -0.05) is 0 Å². The van der Waals surface area contributed by atoms with E-state index in [0.717, 1.165) is 12.3 Å². The van der Waals surface area contributed by atoms with E-state index in [-0.39, 0.29) is 5.56 Å². The van der Waals surface area contributed by atoms with Gasteiger partial charge >= 0.3 is 0 Å². The number of imidazole rings is 1. The van der Waals surface area contributed by atoms with Crippen LogP contribution in [0.1, 0.15) is 10.4 Å². The van der Waals surface area contributed by atoms with E-state index in [1.165, 1.54) is 12.4 Å². The first-order chi connectivity index (χ1) is 15.2. The molecule has 0 bridgehead atoms. The number of hydrogen-bond acceptors (Lipinski definition) is 5. The van der Waals surface area contributed by atoms with E-state index in [1.54, 1.807) is 4.72 Å². The number of rotatable bonds is 5. The molecule has 8 nitrogen and oxygen atoms in total. The molecule has 0 saturated carbocycles. The molecule has 1 amide bonds.